The number of hydrogen-bond donors (Lipinski definition) is 1. The lowest BCUT2D eigenvalue weighted by Crippen LogP contribution is -2.13. The molecule has 0 spiro atoms. The van der Waals surface area contributed by atoms with Crippen molar-refractivity contribution in [1.29, 1.82) is 0 Å². The second kappa shape index (κ2) is 3.44. The SMILES string of the molecule is Nc1nc(C(F)(F)F)nc2ccc(Cl)nc12. The first kappa shape index (κ1) is 10.9. The van der Waals surface area contributed by atoms with E-state index in [1.807, 2.05) is 0 Å². The number of alkyl halides is 3. The molecule has 16 heavy (non-hydrogen) atoms. The molecular weight excluding hydrogens is 245 g/mol. The number of pyridine rings is 1. The summed E-state index contributed by atoms with van der Waals surface area (Å²) in [6.45, 7) is 0. The lowest BCUT2D eigenvalue weighted by atomic mass is 10.3. The Kier molecular flexibility index (Phi) is 2.34. The molecule has 2 rings (SSSR count). The van der Waals surface area contributed by atoms with Crippen molar-refractivity contribution in [1.82, 2.24) is 15.0 Å². The van der Waals surface area contributed by atoms with Gasteiger partial charge in [0.15, 0.2) is 5.82 Å². The van der Waals surface area contributed by atoms with Crippen molar-refractivity contribution in [2.45, 2.75) is 6.18 Å². The molecule has 0 aromatic carbocycles. The molecule has 0 radical (unpaired) electrons. The summed E-state index contributed by atoms with van der Waals surface area (Å²) in [5.41, 5.74) is 5.41. The molecule has 0 aliphatic heterocycles. The Morgan fingerprint density at radius 3 is 2.44 bits per heavy atom. The summed E-state index contributed by atoms with van der Waals surface area (Å²) in [5.74, 6) is -1.64. The smallest absolute Gasteiger partial charge is 0.382 e. The van der Waals surface area contributed by atoms with Gasteiger partial charge in [0.1, 0.15) is 10.7 Å². The summed E-state index contributed by atoms with van der Waals surface area (Å²) < 4.78 is 37.0. The first-order chi connectivity index (χ1) is 7.38. The van der Waals surface area contributed by atoms with Gasteiger partial charge in [0, 0.05) is 0 Å². The van der Waals surface area contributed by atoms with E-state index in [1.54, 1.807) is 0 Å². The topological polar surface area (TPSA) is 64.7 Å². The van der Waals surface area contributed by atoms with Crippen LogP contribution in [0.3, 0.4) is 0 Å². The fraction of sp³-hybridized carbons (Fsp3) is 0.125. The standard InChI is InChI=1S/C8H4ClF3N4/c9-4-2-1-3-5(15-4)6(13)16-7(14-3)8(10,11)12/h1-2H,(H2,13,14,16). The minimum atomic E-state index is -4.64. The second-order valence-corrected chi connectivity index (χ2v) is 3.32. The summed E-state index contributed by atoms with van der Waals surface area (Å²) in [4.78, 5) is 10.2. The highest BCUT2D eigenvalue weighted by molar-refractivity contribution is 6.29. The number of nitrogens with two attached hydrogens (primary N) is 1. The summed E-state index contributed by atoms with van der Waals surface area (Å²) >= 11 is 5.58. The third kappa shape index (κ3) is 1.85. The van der Waals surface area contributed by atoms with Crippen LogP contribution >= 0.6 is 11.6 Å². The molecule has 2 aromatic rings. The van der Waals surface area contributed by atoms with Gasteiger partial charge in [-0.3, -0.25) is 0 Å². The van der Waals surface area contributed by atoms with Crippen molar-refractivity contribution < 1.29 is 13.2 Å². The molecule has 0 fully saturated rings. The Labute approximate surface area is 92.3 Å². The number of rotatable bonds is 0. The molecule has 0 aliphatic carbocycles. The van der Waals surface area contributed by atoms with Crippen LogP contribution in [-0.2, 0) is 6.18 Å². The fourth-order valence-corrected chi connectivity index (χ4v) is 1.29. The van der Waals surface area contributed by atoms with Gasteiger partial charge >= 0.3 is 6.18 Å². The van der Waals surface area contributed by atoms with Crippen LogP contribution < -0.4 is 5.73 Å². The zero-order chi connectivity index (χ0) is 11.9. The minimum absolute atomic E-state index is 0.00391. The van der Waals surface area contributed by atoms with Gasteiger partial charge in [-0.05, 0) is 12.1 Å². The molecule has 2 heterocycles. The second-order valence-electron chi connectivity index (χ2n) is 2.93. The molecular formula is C8H4ClF3N4. The van der Waals surface area contributed by atoms with Crippen molar-refractivity contribution in [3.63, 3.8) is 0 Å². The molecule has 0 saturated carbocycles. The molecule has 0 aliphatic rings. The van der Waals surface area contributed by atoms with Crippen molar-refractivity contribution >= 4 is 28.5 Å². The van der Waals surface area contributed by atoms with E-state index in [1.165, 1.54) is 12.1 Å². The van der Waals surface area contributed by atoms with Gasteiger partial charge in [0.2, 0.25) is 5.82 Å². The predicted molar refractivity (Wildman–Crippen MR) is 51.8 cm³/mol. The maximum absolute atomic E-state index is 12.3. The maximum Gasteiger partial charge on any atom is 0.451 e. The number of hydrogen-bond acceptors (Lipinski definition) is 4. The van der Waals surface area contributed by atoms with E-state index >= 15 is 0 Å². The lowest BCUT2D eigenvalue weighted by molar-refractivity contribution is -0.144. The van der Waals surface area contributed by atoms with Gasteiger partial charge in [0.05, 0.1) is 5.52 Å². The molecule has 0 bridgehead atoms. The van der Waals surface area contributed by atoms with Crippen LogP contribution in [0.15, 0.2) is 12.1 Å². The van der Waals surface area contributed by atoms with Gasteiger partial charge in [0.25, 0.3) is 0 Å². The average molecular weight is 249 g/mol. The number of nitrogen functional groups attached to an aromatic ring is 1. The van der Waals surface area contributed by atoms with Gasteiger partial charge < -0.3 is 5.73 Å². The van der Waals surface area contributed by atoms with Gasteiger partial charge in [-0.2, -0.15) is 13.2 Å². The number of anilines is 1. The first-order valence-electron chi connectivity index (χ1n) is 4.05. The molecule has 2 aromatic heterocycles. The molecule has 0 unspecified atom stereocenters. The Morgan fingerprint density at radius 1 is 1.12 bits per heavy atom. The van der Waals surface area contributed by atoms with Gasteiger partial charge in [-0.15, -0.1) is 0 Å². The van der Waals surface area contributed by atoms with Crippen LogP contribution in [0, 0.1) is 0 Å². The van der Waals surface area contributed by atoms with Crippen LogP contribution in [0.25, 0.3) is 11.0 Å². The van der Waals surface area contributed by atoms with Crippen molar-refractivity contribution in [2.24, 2.45) is 0 Å². The van der Waals surface area contributed by atoms with E-state index < -0.39 is 12.0 Å². The van der Waals surface area contributed by atoms with Crippen molar-refractivity contribution in [2.75, 3.05) is 5.73 Å². The summed E-state index contributed by atoms with van der Waals surface area (Å²) in [5, 5.41) is 0.113. The van der Waals surface area contributed by atoms with Crippen molar-refractivity contribution in [3.8, 4) is 0 Å². The number of fused-ring (bicyclic) bond motifs is 1. The molecule has 8 heteroatoms. The Bertz CT molecular complexity index is 555. The minimum Gasteiger partial charge on any atom is -0.382 e. The van der Waals surface area contributed by atoms with Crippen LogP contribution in [0.5, 0.6) is 0 Å². The number of aromatic nitrogens is 3. The Hall–Kier alpha value is -1.63. The number of halogens is 4. The largest absolute Gasteiger partial charge is 0.451 e. The Morgan fingerprint density at radius 2 is 1.81 bits per heavy atom. The van der Waals surface area contributed by atoms with E-state index in [2.05, 4.69) is 15.0 Å². The zero-order valence-electron chi connectivity index (χ0n) is 7.59. The monoisotopic (exact) mass is 248 g/mol. The summed E-state index contributed by atoms with van der Waals surface area (Å²) in [6.07, 6.45) is -4.64. The molecule has 2 N–H and O–H groups in total. The highest BCUT2D eigenvalue weighted by Gasteiger charge is 2.35. The average Bonchev–Trinajstić information content (AvgIpc) is 2.17. The zero-order valence-corrected chi connectivity index (χ0v) is 8.34. The third-order valence-corrected chi connectivity index (χ3v) is 2.00. The highest BCUT2D eigenvalue weighted by atomic mass is 35.5. The summed E-state index contributed by atoms with van der Waals surface area (Å²) in [6, 6.07) is 2.63. The quantitative estimate of drug-likeness (QED) is 0.727. The van der Waals surface area contributed by atoms with Crippen LogP contribution in [0.2, 0.25) is 5.15 Å². The molecule has 84 valence electrons. The highest BCUT2D eigenvalue weighted by Crippen LogP contribution is 2.29. The van der Waals surface area contributed by atoms with E-state index in [9.17, 15) is 13.2 Å². The normalized spacial score (nSPS) is 12.0. The summed E-state index contributed by atoms with van der Waals surface area (Å²) in [7, 11) is 0. The molecule has 4 nitrogen and oxygen atoms in total. The molecule has 0 saturated heterocycles. The predicted octanol–water partition coefficient (Wildman–Crippen LogP) is 2.28. The van der Waals surface area contributed by atoms with Crippen LogP contribution in [0.4, 0.5) is 19.0 Å². The molecule has 0 amide bonds. The van der Waals surface area contributed by atoms with Crippen molar-refractivity contribution in [3.05, 3.63) is 23.1 Å². The fourth-order valence-electron chi connectivity index (χ4n) is 1.14. The maximum atomic E-state index is 12.3. The lowest BCUT2D eigenvalue weighted by Gasteiger charge is -2.07. The number of nitrogens with zero attached hydrogens (tertiary/aromatic N) is 3. The van der Waals surface area contributed by atoms with Crippen LogP contribution in [-0.4, -0.2) is 15.0 Å². The Balaban J connectivity index is 2.74. The van der Waals surface area contributed by atoms with E-state index in [-0.39, 0.29) is 22.0 Å². The van der Waals surface area contributed by atoms with E-state index in [4.69, 9.17) is 17.3 Å². The third-order valence-electron chi connectivity index (χ3n) is 1.79. The van der Waals surface area contributed by atoms with Gasteiger partial charge in [-0.25, -0.2) is 15.0 Å². The molecule has 0 atom stereocenters. The van der Waals surface area contributed by atoms with E-state index in [0.717, 1.165) is 0 Å². The first-order valence-corrected chi connectivity index (χ1v) is 4.42. The van der Waals surface area contributed by atoms with E-state index in [0.29, 0.717) is 0 Å². The van der Waals surface area contributed by atoms with Gasteiger partial charge in [-0.1, -0.05) is 11.6 Å². The van der Waals surface area contributed by atoms with Crippen LogP contribution in [0.1, 0.15) is 5.82 Å².